The van der Waals surface area contributed by atoms with Gasteiger partial charge in [-0.25, -0.2) is 0 Å². The van der Waals surface area contributed by atoms with Crippen molar-refractivity contribution in [3.63, 3.8) is 0 Å². The summed E-state index contributed by atoms with van der Waals surface area (Å²) in [6.07, 6.45) is 0.764. The molecule has 0 amide bonds. The van der Waals surface area contributed by atoms with Gasteiger partial charge in [0.15, 0.2) is 0 Å². The summed E-state index contributed by atoms with van der Waals surface area (Å²) in [6.45, 7) is 0. The van der Waals surface area contributed by atoms with E-state index >= 15 is 0 Å². The summed E-state index contributed by atoms with van der Waals surface area (Å²) in [4.78, 5) is 9.13. The van der Waals surface area contributed by atoms with Gasteiger partial charge in [-0.3, -0.25) is 10.1 Å². The summed E-state index contributed by atoms with van der Waals surface area (Å²) >= 11 is 8.79. The predicted molar refractivity (Wildman–Crippen MR) is 42.4 cm³/mol. The third-order valence-electron chi connectivity index (χ3n) is 0.527. The topological polar surface area (TPSA) is 43.1 Å². The van der Waals surface area contributed by atoms with E-state index in [1.165, 1.54) is 0 Å². The van der Waals surface area contributed by atoms with Crippen LogP contribution < -0.4 is 0 Å². The van der Waals surface area contributed by atoms with Crippen molar-refractivity contribution in [2.45, 2.75) is 0 Å². The molecule has 0 radical (unpaired) electrons. The van der Waals surface area contributed by atoms with Crippen LogP contribution in [0.1, 0.15) is 0 Å². The van der Waals surface area contributed by atoms with Crippen molar-refractivity contribution in [3.05, 3.63) is 21.9 Å². The Morgan fingerprint density at radius 1 is 1.44 bits per heavy atom. The van der Waals surface area contributed by atoms with E-state index in [1.54, 1.807) is 0 Å². The fourth-order valence-electron chi connectivity index (χ4n) is 0.210. The molecule has 0 spiro atoms. The van der Waals surface area contributed by atoms with Crippen LogP contribution in [0.2, 0.25) is 0 Å². The highest BCUT2D eigenvalue weighted by atomic mass is 32.1. The van der Waals surface area contributed by atoms with Crippen molar-refractivity contribution in [3.8, 4) is 0 Å². The van der Waals surface area contributed by atoms with Crippen LogP contribution >= 0.6 is 24.4 Å². The van der Waals surface area contributed by atoms with Gasteiger partial charge in [0.05, 0.1) is 10.5 Å². The highest BCUT2D eigenvalue weighted by Gasteiger charge is 1.91. The highest BCUT2D eigenvalue weighted by Crippen LogP contribution is 1.85. The van der Waals surface area contributed by atoms with Crippen LogP contribution in [-0.2, 0) is 0 Å². The number of hydrogen-bond donors (Lipinski definition) is 0. The van der Waals surface area contributed by atoms with Gasteiger partial charge in [0.1, 0.15) is 0 Å². The van der Waals surface area contributed by atoms with Crippen LogP contribution in [0.5, 0.6) is 0 Å². The molecule has 0 bridgehead atoms. The standard InChI is InChI=1S/C4H3NO2S2/c6-5(7)1-4(2-8)3-9/h1-3H. The lowest BCUT2D eigenvalue weighted by Crippen LogP contribution is -1.90. The maximum atomic E-state index is 9.72. The number of hydrogen-bond acceptors (Lipinski definition) is 4. The lowest BCUT2D eigenvalue weighted by atomic mass is 10.4. The molecule has 0 saturated carbocycles. The van der Waals surface area contributed by atoms with Crippen LogP contribution in [-0.4, -0.2) is 15.7 Å². The summed E-state index contributed by atoms with van der Waals surface area (Å²) in [5.74, 6) is 0. The predicted octanol–water partition coefficient (Wildman–Crippen LogP) is 1.15. The smallest absolute Gasteiger partial charge is 0.243 e. The van der Waals surface area contributed by atoms with Crippen molar-refractivity contribution in [1.29, 1.82) is 0 Å². The fraction of sp³-hybridized carbons (Fsp3) is 0. The first-order valence-electron chi connectivity index (χ1n) is 1.96. The van der Waals surface area contributed by atoms with Crippen molar-refractivity contribution in [1.82, 2.24) is 0 Å². The second-order valence-corrected chi connectivity index (χ2v) is 1.62. The molecule has 0 fully saturated rings. The number of nitro groups is 1. The monoisotopic (exact) mass is 161 g/mol. The molecule has 3 nitrogen and oxygen atoms in total. The first kappa shape index (κ1) is 8.32. The minimum absolute atomic E-state index is 0.269. The molecule has 0 aromatic rings. The number of allylic oxidation sites excluding steroid dienone is 1. The first-order valence-corrected chi connectivity index (χ1v) is 2.90. The van der Waals surface area contributed by atoms with Crippen molar-refractivity contribution in [2.24, 2.45) is 0 Å². The summed E-state index contributed by atoms with van der Waals surface area (Å²) in [6, 6.07) is 0. The zero-order valence-corrected chi connectivity index (χ0v) is 5.95. The van der Waals surface area contributed by atoms with Crippen molar-refractivity contribution in [2.75, 3.05) is 0 Å². The SMILES string of the molecule is O=[N+]([O-])C=C(C=S)C=S. The highest BCUT2D eigenvalue weighted by molar-refractivity contribution is 7.81. The largest absolute Gasteiger partial charge is 0.259 e. The Morgan fingerprint density at radius 3 is 2.00 bits per heavy atom. The van der Waals surface area contributed by atoms with E-state index < -0.39 is 4.92 Å². The molecule has 0 N–H and O–H groups in total. The molecule has 0 aliphatic heterocycles. The molecule has 48 valence electrons. The van der Waals surface area contributed by atoms with E-state index in [2.05, 4.69) is 24.4 Å². The molecule has 0 unspecified atom stereocenters. The van der Waals surface area contributed by atoms with Gasteiger partial charge in [0.25, 0.3) is 0 Å². The third kappa shape index (κ3) is 3.87. The van der Waals surface area contributed by atoms with Gasteiger partial charge in [-0.1, -0.05) is 24.4 Å². The maximum absolute atomic E-state index is 9.72. The van der Waals surface area contributed by atoms with Crippen LogP contribution in [0.25, 0.3) is 0 Å². The van der Waals surface area contributed by atoms with Crippen molar-refractivity contribution < 1.29 is 4.92 Å². The number of nitrogens with zero attached hydrogens (tertiary/aromatic N) is 1. The van der Waals surface area contributed by atoms with Crippen LogP contribution in [0.4, 0.5) is 0 Å². The van der Waals surface area contributed by atoms with Crippen LogP contribution in [0.3, 0.4) is 0 Å². The summed E-state index contributed by atoms with van der Waals surface area (Å²) < 4.78 is 0. The molecule has 0 rings (SSSR count). The zero-order valence-electron chi connectivity index (χ0n) is 4.31. The Morgan fingerprint density at radius 2 is 1.89 bits per heavy atom. The molecular weight excluding hydrogens is 158 g/mol. The molecular formula is C4H3NO2S2. The lowest BCUT2D eigenvalue weighted by molar-refractivity contribution is -0.402. The molecule has 0 aliphatic carbocycles. The Hall–Kier alpha value is -0.680. The summed E-state index contributed by atoms with van der Waals surface area (Å²) in [5, 5.41) is 12.0. The summed E-state index contributed by atoms with van der Waals surface area (Å²) in [5.41, 5.74) is 0.269. The van der Waals surface area contributed by atoms with Gasteiger partial charge in [-0.15, -0.1) is 0 Å². The molecule has 0 aliphatic rings. The zero-order chi connectivity index (χ0) is 7.28. The second-order valence-electron chi connectivity index (χ2n) is 1.15. The lowest BCUT2D eigenvalue weighted by Gasteiger charge is -1.80. The van der Waals surface area contributed by atoms with Crippen LogP contribution in [0, 0.1) is 10.1 Å². The minimum atomic E-state index is -0.596. The number of thiocarbonyl (C=S) groups is 2. The minimum Gasteiger partial charge on any atom is -0.259 e. The van der Waals surface area contributed by atoms with E-state index in [9.17, 15) is 10.1 Å². The Bertz CT molecular complexity index is 165. The van der Waals surface area contributed by atoms with Gasteiger partial charge < -0.3 is 0 Å². The molecule has 0 saturated heterocycles. The van der Waals surface area contributed by atoms with E-state index in [4.69, 9.17) is 0 Å². The van der Waals surface area contributed by atoms with Gasteiger partial charge >= 0.3 is 0 Å². The third-order valence-corrected chi connectivity index (χ3v) is 1.07. The van der Waals surface area contributed by atoms with Gasteiger partial charge in [-0.2, -0.15) is 0 Å². The Labute approximate surface area is 62.5 Å². The second kappa shape index (κ2) is 4.22. The molecule has 5 heteroatoms. The molecule has 0 atom stereocenters. The first-order chi connectivity index (χ1) is 4.20. The molecule has 0 aromatic carbocycles. The summed E-state index contributed by atoms with van der Waals surface area (Å²) in [7, 11) is 0. The van der Waals surface area contributed by atoms with E-state index in [0.29, 0.717) is 0 Å². The maximum Gasteiger partial charge on any atom is 0.243 e. The number of rotatable bonds is 3. The normalized spacial score (nSPS) is 7.56. The van der Waals surface area contributed by atoms with E-state index in [1.807, 2.05) is 0 Å². The molecule has 9 heavy (non-hydrogen) atoms. The molecule has 0 heterocycles. The van der Waals surface area contributed by atoms with E-state index in [-0.39, 0.29) is 5.57 Å². The van der Waals surface area contributed by atoms with Crippen molar-refractivity contribution >= 4 is 35.2 Å². The molecule has 0 aromatic heterocycles. The Balaban J connectivity index is 4.24. The Kier molecular flexibility index (Phi) is 3.90. The average molecular weight is 161 g/mol. The fourth-order valence-corrected chi connectivity index (χ4v) is 0.554. The average Bonchev–Trinajstić information content (AvgIpc) is 1.82. The van der Waals surface area contributed by atoms with Gasteiger partial charge in [-0.05, 0) is 0 Å². The quantitative estimate of drug-likeness (QED) is 0.269. The van der Waals surface area contributed by atoms with Crippen LogP contribution in [0.15, 0.2) is 11.8 Å². The van der Waals surface area contributed by atoms with E-state index in [0.717, 1.165) is 16.9 Å². The van der Waals surface area contributed by atoms with Gasteiger partial charge in [0.2, 0.25) is 6.20 Å². The van der Waals surface area contributed by atoms with Gasteiger partial charge in [0, 0.05) is 10.7 Å².